The molecule has 2 N–H and O–H groups in total. The smallest absolute Gasteiger partial charge is 0.341 e. The molecular weight excluding hydrogens is 302 g/mol. The van der Waals surface area contributed by atoms with Gasteiger partial charge in [0.1, 0.15) is 5.00 Å². The maximum atomic E-state index is 11.9. The number of thiophene rings is 1. The normalized spacial score (nSPS) is 15.0. The summed E-state index contributed by atoms with van der Waals surface area (Å²) in [5, 5.41) is 3.51. The zero-order chi connectivity index (χ0) is 14.9. The van der Waals surface area contributed by atoms with Crippen LogP contribution in [0.1, 0.15) is 20.8 Å². The molecule has 1 aliphatic rings. The predicted molar refractivity (Wildman–Crippen MR) is 77.3 cm³/mol. The first kappa shape index (κ1) is 15.2. The van der Waals surface area contributed by atoms with Crippen molar-refractivity contribution in [1.29, 1.82) is 0 Å². The third-order valence-corrected chi connectivity index (χ3v) is 5.72. The van der Waals surface area contributed by atoms with Crippen molar-refractivity contribution >= 4 is 32.5 Å². The van der Waals surface area contributed by atoms with E-state index < -0.39 is 16.2 Å². The molecular formula is C11H17N3O4S2. The van der Waals surface area contributed by atoms with Gasteiger partial charge in [0.25, 0.3) is 0 Å². The van der Waals surface area contributed by atoms with E-state index in [1.165, 1.54) is 32.5 Å². The Hall–Kier alpha value is -1.16. The Bertz CT molecular complexity index is 622. The lowest BCUT2D eigenvalue weighted by atomic mass is 10.0. The van der Waals surface area contributed by atoms with Crippen molar-refractivity contribution in [3.63, 3.8) is 0 Å². The topological polar surface area (TPSA) is 87.7 Å². The average Bonchev–Trinajstić information content (AvgIpc) is 2.74. The highest BCUT2D eigenvalue weighted by Crippen LogP contribution is 2.36. The van der Waals surface area contributed by atoms with Gasteiger partial charge in [0.15, 0.2) is 0 Å². The third kappa shape index (κ3) is 2.80. The number of hydrogen-bond donors (Lipinski definition) is 2. The quantitative estimate of drug-likeness (QED) is 0.784. The van der Waals surface area contributed by atoms with E-state index in [-0.39, 0.29) is 0 Å². The Morgan fingerprint density at radius 2 is 2.15 bits per heavy atom. The first-order chi connectivity index (χ1) is 9.36. The van der Waals surface area contributed by atoms with Gasteiger partial charge in [-0.05, 0) is 18.5 Å². The van der Waals surface area contributed by atoms with E-state index >= 15 is 0 Å². The van der Waals surface area contributed by atoms with Crippen molar-refractivity contribution in [2.24, 2.45) is 0 Å². The van der Waals surface area contributed by atoms with Crippen LogP contribution in [0.15, 0.2) is 0 Å². The first-order valence-electron chi connectivity index (χ1n) is 6.00. The molecule has 0 radical (unpaired) electrons. The Balaban J connectivity index is 2.47. The highest BCUT2D eigenvalue weighted by atomic mass is 32.2. The lowest BCUT2D eigenvalue weighted by Gasteiger charge is -2.14. The van der Waals surface area contributed by atoms with Crippen LogP contribution >= 0.6 is 11.3 Å². The molecule has 0 atom stereocenters. The number of hydrogen-bond acceptors (Lipinski definition) is 6. The number of carbonyl (C=O) groups is 1. The second-order valence-electron chi connectivity index (χ2n) is 4.52. The van der Waals surface area contributed by atoms with Gasteiger partial charge in [-0.15, -0.1) is 11.3 Å². The molecule has 0 fully saturated rings. The summed E-state index contributed by atoms with van der Waals surface area (Å²) in [6.07, 6.45) is 0.681. The van der Waals surface area contributed by atoms with Crippen LogP contribution in [0.4, 0.5) is 5.00 Å². The largest absolute Gasteiger partial charge is 0.465 e. The van der Waals surface area contributed by atoms with Gasteiger partial charge in [-0.25, -0.2) is 4.79 Å². The van der Waals surface area contributed by atoms with E-state index in [1.54, 1.807) is 0 Å². The number of nitrogens with one attached hydrogen (secondary N) is 2. The van der Waals surface area contributed by atoms with Crippen molar-refractivity contribution in [1.82, 2.24) is 9.62 Å². The molecule has 1 aliphatic heterocycles. The fourth-order valence-electron chi connectivity index (χ4n) is 1.93. The monoisotopic (exact) mass is 319 g/mol. The van der Waals surface area contributed by atoms with Crippen molar-refractivity contribution in [3.8, 4) is 0 Å². The molecule has 1 aromatic heterocycles. The van der Waals surface area contributed by atoms with Gasteiger partial charge in [0.05, 0.1) is 12.7 Å². The highest BCUT2D eigenvalue weighted by molar-refractivity contribution is 7.90. The second-order valence-corrected chi connectivity index (χ2v) is 7.51. The summed E-state index contributed by atoms with van der Waals surface area (Å²) in [4.78, 5) is 12.9. The van der Waals surface area contributed by atoms with Gasteiger partial charge in [-0.2, -0.15) is 12.7 Å². The predicted octanol–water partition coefficient (Wildman–Crippen LogP) is 0.399. The summed E-state index contributed by atoms with van der Waals surface area (Å²) < 4.78 is 32.1. The van der Waals surface area contributed by atoms with Gasteiger partial charge in [0, 0.05) is 25.5 Å². The van der Waals surface area contributed by atoms with Gasteiger partial charge in [-0.3, -0.25) is 4.72 Å². The van der Waals surface area contributed by atoms with Crippen molar-refractivity contribution in [3.05, 3.63) is 16.0 Å². The van der Waals surface area contributed by atoms with Gasteiger partial charge < -0.3 is 10.1 Å². The number of ether oxygens (including phenoxy) is 1. The summed E-state index contributed by atoms with van der Waals surface area (Å²) in [5.41, 5.74) is 1.21. The van der Waals surface area contributed by atoms with E-state index in [4.69, 9.17) is 4.74 Å². The van der Waals surface area contributed by atoms with Crippen LogP contribution in [0.5, 0.6) is 0 Å². The fourth-order valence-corrected chi connectivity index (χ4v) is 3.99. The minimum absolute atomic E-state index is 0.319. The molecule has 112 valence electrons. The molecule has 0 saturated carbocycles. The first-order valence-corrected chi connectivity index (χ1v) is 8.26. The second kappa shape index (κ2) is 5.68. The number of esters is 1. The van der Waals surface area contributed by atoms with Gasteiger partial charge in [-0.1, -0.05) is 0 Å². The van der Waals surface area contributed by atoms with E-state index in [0.717, 1.165) is 21.3 Å². The van der Waals surface area contributed by atoms with Crippen LogP contribution in [0.2, 0.25) is 0 Å². The zero-order valence-electron chi connectivity index (χ0n) is 11.5. The maximum absolute atomic E-state index is 11.9. The van der Waals surface area contributed by atoms with Crippen LogP contribution in [-0.2, 0) is 27.9 Å². The molecule has 0 saturated heterocycles. The van der Waals surface area contributed by atoms with Crippen molar-refractivity contribution in [2.75, 3.05) is 32.5 Å². The SMILES string of the molecule is COC(=O)c1c(NS(=O)(=O)N(C)C)sc2c1CCNC2. The minimum Gasteiger partial charge on any atom is -0.465 e. The maximum Gasteiger partial charge on any atom is 0.341 e. The molecule has 1 aromatic rings. The van der Waals surface area contributed by atoms with Crippen LogP contribution in [0.25, 0.3) is 0 Å². The van der Waals surface area contributed by atoms with Crippen LogP contribution in [0.3, 0.4) is 0 Å². The summed E-state index contributed by atoms with van der Waals surface area (Å²) in [6.45, 7) is 1.39. The van der Waals surface area contributed by atoms with E-state index in [9.17, 15) is 13.2 Å². The lowest BCUT2D eigenvalue weighted by Crippen LogP contribution is -2.29. The highest BCUT2D eigenvalue weighted by Gasteiger charge is 2.28. The molecule has 9 heteroatoms. The number of fused-ring (bicyclic) bond motifs is 1. The Labute approximate surface area is 122 Å². The van der Waals surface area contributed by atoms with E-state index in [1.807, 2.05) is 0 Å². The Kier molecular flexibility index (Phi) is 4.33. The van der Waals surface area contributed by atoms with E-state index in [0.29, 0.717) is 23.5 Å². The summed E-state index contributed by atoms with van der Waals surface area (Å²) >= 11 is 1.27. The van der Waals surface area contributed by atoms with Gasteiger partial charge >= 0.3 is 16.2 Å². The Morgan fingerprint density at radius 1 is 1.45 bits per heavy atom. The summed E-state index contributed by atoms with van der Waals surface area (Å²) in [6, 6.07) is 0. The molecule has 2 heterocycles. The number of rotatable bonds is 4. The average molecular weight is 319 g/mol. The molecule has 0 bridgehead atoms. The summed E-state index contributed by atoms with van der Waals surface area (Å²) in [7, 11) is 0.492. The van der Waals surface area contributed by atoms with Crippen molar-refractivity contribution in [2.45, 2.75) is 13.0 Å². The third-order valence-electron chi connectivity index (χ3n) is 3.02. The standard InChI is InChI=1S/C11H17N3O4S2/c1-14(2)20(16,17)13-10-9(11(15)18-3)7-4-5-12-6-8(7)19-10/h12-13H,4-6H2,1-3H3. The molecule has 7 nitrogen and oxygen atoms in total. The van der Waals surface area contributed by atoms with Crippen LogP contribution < -0.4 is 10.0 Å². The minimum atomic E-state index is -3.65. The van der Waals surface area contributed by atoms with Crippen molar-refractivity contribution < 1.29 is 17.9 Å². The van der Waals surface area contributed by atoms with Crippen LogP contribution in [-0.4, -0.2) is 46.4 Å². The van der Waals surface area contributed by atoms with Gasteiger partial charge in [0.2, 0.25) is 0 Å². The number of carbonyl (C=O) groups excluding carboxylic acids is 1. The summed E-state index contributed by atoms with van der Waals surface area (Å²) in [5.74, 6) is -0.513. The van der Waals surface area contributed by atoms with E-state index in [2.05, 4.69) is 10.0 Å². The zero-order valence-corrected chi connectivity index (χ0v) is 13.2. The molecule has 20 heavy (non-hydrogen) atoms. The molecule has 2 rings (SSSR count). The molecule has 0 aliphatic carbocycles. The molecule has 0 aromatic carbocycles. The number of anilines is 1. The molecule has 0 amide bonds. The Morgan fingerprint density at radius 3 is 2.75 bits per heavy atom. The van der Waals surface area contributed by atoms with Crippen LogP contribution in [0, 0.1) is 0 Å². The number of nitrogens with zero attached hydrogens (tertiary/aromatic N) is 1. The lowest BCUT2D eigenvalue weighted by molar-refractivity contribution is 0.0601. The number of methoxy groups -OCH3 is 1. The molecule has 0 spiro atoms. The fraction of sp³-hybridized carbons (Fsp3) is 0.545. The molecule has 0 unspecified atom stereocenters.